The molecule has 0 radical (unpaired) electrons. The van der Waals surface area contributed by atoms with Crippen LogP contribution in [0.25, 0.3) is 0 Å². The first kappa shape index (κ1) is 26.9. The van der Waals surface area contributed by atoms with Gasteiger partial charge in [-0.3, -0.25) is 0 Å². The second kappa shape index (κ2) is 12.8. The number of nitrogens with zero attached hydrogens (tertiary/aromatic N) is 2. The summed E-state index contributed by atoms with van der Waals surface area (Å²) in [5.74, 6) is 0.0176. The highest BCUT2D eigenvalue weighted by molar-refractivity contribution is 5.58. The molecule has 0 spiro atoms. The summed E-state index contributed by atoms with van der Waals surface area (Å²) in [5.41, 5.74) is 1.90. The molecule has 2 aliphatic rings. The van der Waals surface area contributed by atoms with Gasteiger partial charge in [0.05, 0.1) is 30.8 Å². The van der Waals surface area contributed by atoms with Crippen LogP contribution in [0.15, 0.2) is 90.1 Å². The Labute approximate surface area is 200 Å². The van der Waals surface area contributed by atoms with E-state index < -0.39 is 11.7 Å². The smallest absolute Gasteiger partial charge is 0.416 e. The molecule has 0 fully saturated rings. The third-order valence-electron chi connectivity index (χ3n) is 5.33. The fourth-order valence-electron chi connectivity index (χ4n) is 3.55. The predicted molar refractivity (Wildman–Crippen MR) is 132 cm³/mol. The van der Waals surface area contributed by atoms with Gasteiger partial charge in [-0.05, 0) is 18.4 Å². The maximum absolute atomic E-state index is 13.1. The summed E-state index contributed by atoms with van der Waals surface area (Å²) in [6, 6.07) is -0.0137. The minimum atomic E-state index is -4.38. The van der Waals surface area contributed by atoms with Crippen LogP contribution in [0.3, 0.4) is 0 Å². The Bertz CT molecular complexity index is 885. The highest BCUT2D eigenvalue weighted by atomic mass is 19.4. The lowest BCUT2D eigenvalue weighted by atomic mass is 10.0. The Balaban J connectivity index is 1.86. The molecule has 34 heavy (non-hydrogen) atoms. The topological polar surface area (TPSA) is 60.9 Å². The zero-order chi connectivity index (χ0) is 25.1. The molecule has 3 N–H and O–H groups in total. The number of halogens is 3. The number of alkyl halides is 3. The molecule has 2 heterocycles. The molecule has 2 rings (SSSR count). The Morgan fingerprint density at radius 2 is 2.18 bits per heavy atom. The van der Waals surface area contributed by atoms with E-state index in [0.717, 1.165) is 17.3 Å². The number of likely N-dealkylation sites (N-methyl/N-ethyl adjacent to an activating group) is 1. The quantitative estimate of drug-likeness (QED) is 0.275. The predicted octanol–water partition coefficient (Wildman–Crippen LogP) is 4.14. The first-order valence-corrected chi connectivity index (χ1v) is 11.1. The van der Waals surface area contributed by atoms with Gasteiger partial charge in [-0.15, -0.1) is 0 Å². The molecular formula is C25H34F3N5O. The number of hydrogen-bond acceptors (Lipinski definition) is 6. The number of aliphatic imine (C=N–C) groups is 1. The van der Waals surface area contributed by atoms with E-state index in [1.165, 1.54) is 24.5 Å². The third-order valence-corrected chi connectivity index (χ3v) is 5.33. The van der Waals surface area contributed by atoms with Crippen molar-refractivity contribution in [3.63, 3.8) is 0 Å². The monoisotopic (exact) mass is 477 g/mol. The lowest BCUT2D eigenvalue weighted by molar-refractivity contribution is -0.0884. The van der Waals surface area contributed by atoms with Gasteiger partial charge in [0.1, 0.15) is 12.8 Å². The highest BCUT2D eigenvalue weighted by Crippen LogP contribution is 2.28. The summed E-state index contributed by atoms with van der Waals surface area (Å²) in [6.07, 6.45) is 7.64. The maximum atomic E-state index is 13.1. The van der Waals surface area contributed by atoms with Gasteiger partial charge >= 0.3 is 6.18 Å². The second-order valence-electron chi connectivity index (χ2n) is 8.12. The minimum Gasteiger partial charge on any atom is -0.499 e. The molecule has 186 valence electrons. The number of allylic oxidation sites excluding steroid dienone is 6. The minimum absolute atomic E-state index is 0.0137. The van der Waals surface area contributed by atoms with Crippen molar-refractivity contribution in [3.05, 3.63) is 85.1 Å². The van der Waals surface area contributed by atoms with Crippen molar-refractivity contribution in [1.29, 1.82) is 0 Å². The first-order chi connectivity index (χ1) is 16.2. The first-order valence-electron chi connectivity index (χ1n) is 11.1. The fraction of sp³-hybridized carbons (Fsp3) is 0.400. The van der Waals surface area contributed by atoms with Crippen molar-refractivity contribution >= 4 is 6.34 Å². The molecule has 9 heteroatoms. The van der Waals surface area contributed by atoms with Crippen LogP contribution in [-0.4, -0.2) is 56.4 Å². The lowest BCUT2D eigenvalue weighted by Crippen LogP contribution is -2.40. The van der Waals surface area contributed by atoms with Gasteiger partial charge in [0.15, 0.2) is 0 Å². The molecule has 0 aromatic heterocycles. The summed E-state index contributed by atoms with van der Waals surface area (Å²) < 4.78 is 44.6. The van der Waals surface area contributed by atoms with E-state index in [2.05, 4.69) is 40.7 Å². The largest absolute Gasteiger partial charge is 0.499 e. The molecule has 0 aromatic carbocycles. The molecule has 3 unspecified atom stereocenters. The van der Waals surface area contributed by atoms with Gasteiger partial charge in [0.2, 0.25) is 0 Å². The van der Waals surface area contributed by atoms with E-state index in [1.54, 1.807) is 6.34 Å². The molecule has 0 amide bonds. The van der Waals surface area contributed by atoms with Crippen LogP contribution in [0.5, 0.6) is 0 Å². The Kier molecular flexibility index (Phi) is 10.1. The van der Waals surface area contributed by atoms with Gasteiger partial charge in [-0.2, -0.15) is 13.2 Å². The Morgan fingerprint density at radius 3 is 2.82 bits per heavy atom. The van der Waals surface area contributed by atoms with Crippen LogP contribution in [-0.2, 0) is 4.74 Å². The van der Waals surface area contributed by atoms with E-state index in [0.29, 0.717) is 31.8 Å². The van der Waals surface area contributed by atoms with Crippen molar-refractivity contribution in [2.45, 2.75) is 31.7 Å². The summed E-state index contributed by atoms with van der Waals surface area (Å²) in [4.78, 5) is 6.47. The third kappa shape index (κ3) is 8.20. The summed E-state index contributed by atoms with van der Waals surface area (Å²) in [6.45, 7) is 14.7. The Morgan fingerprint density at radius 1 is 1.41 bits per heavy atom. The standard InChI is InChI=1S/C25H34F3N5O/c1-6-8-9-21(25(26,27)28)11-10-18(3)14-33-15-24(31-17-33)32-19(4)20-12-22(29-5)23(30-13-20)16-34-7-2/h6-9,11-13,17-18,23-24,29-30,32H,1-2,4,10,14-16H2,3,5H3/b9-8-,21-11?. The molecule has 3 atom stereocenters. The van der Waals surface area contributed by atoms with E-state index in [-0.39, 0.29) is 18.1 Å². The van der Waals surface area contributed by atoms with E-state index in [9.17, 15) is 13.2 Å². The molecule has 0 aromatic rings. The van der Waals surface area contributed by atoms with E-state index >= 15 is 0 Å². The van der Waals surface area contributed by atoms with Gasteiger partial charge < -0.3 is 25.6 Å². The SMILES string of the molecule is C=C/C=C\C(=CCC(C)CN1C=NC(NC(=C)C2=CNC(COC=C)C(NC)=C2)C1)C(F)(F)F. The van der Waals surface area contributed by atoms with Crippen LogP contribution in [0.2, 0.25) is 0 Å². The average molecular weight is 478 g/mol. The Hall–Kier alpha value is -3.36. The van der Waals surface area contributed by atoms with Gasteiger partial charge in [-0.25, -0.2) is 4.99 Å². The lowest BCUT2D eigenvalue weighted by Gasteiger charge is -2.26. The maximum Gasteiger partial charge on any atom is 0.416 e. The average Bonchev–Trinajstić information content (AvgIpc) is 3.22. The van der Waals surface area contributed by atoms with Crippen molar-refractivity contribution in [2.24, 2.45) is 10.9 Å². The number of dihydropyridines is 1. The normalized spacial score (nSPS) is 21.4. The number of ether oxygens (including phenoxy) is 1. The fourth-order valence-corrected chi connectivity index (χ4v) is 3.55. The summed E-state index contributed by atoms with van der Waals surface area (Å²) in [7, 11) is 1.84. The van der Waals surface area contributed by atoms with E-state index in [1.807, 2.05) is 31.1 Å². The second-order valence-corrected chi connectivity index (χ2v) is 8.12. The summed E-state index contributed by atoms with van der Waals surface area (Å²) in [5, 5.41) is 9.75. The molecule has 0 saturated heterocycles. The molecule has 0 aliphatic carbocycles. The number of hydrogen-bond donors (Lipinski definition) is 3. The van der Waals surface area contributed by atoms with Crippen molar-refractivity contribution in [1.82, 2.24) is 20.9 Å². The number of rotatable bonds is 13. The van der Waals surface area contributed by atoms with Crippen LogP contribution >= 0.6 is 0 Å². The molecule has 6 nitrogen and oxygen atoms in total. The summed E-state index contributed by atoms with van der Waals surface area (Å²) >= 11 is 0. The van der Waals surface area contributed by atoms with Crippen LogP contribution in [0, 0.1) is 5.92 Å². The van der Waals surface area contributed by atoms with Gasteiger partial charge in [0, 0.05) is 36.8 Å². The van der Waals surface area contributed by atoms with Crippen molar-refractivity contribution in [3.8, 4) is 0 Å². The van der Waals surface area contributed by atoms with Crippen LogP contribution in [0.4, 0.5) is 13.2 Å². The number of nitrogens with one attached hydrogen (secondary N) is 3. The highest BCUT2D eigenvalue weighted by Gasteiger charge is 2.31. The zero-order valence-corrected chi connectivity index (χ0v) is 19.7. The molecule has 2 aliphatic heterocycles. The van der Waals surface area contributed by atoms with Gasteiger partial charge in [-0.1, -0.05) is 51.0 Å². The van der Waals surface area contributed by atoms with Crippen LogP contribution in [0.1, 0.15) is 13.3 Å². The van der Waals surface area contributed by atoms with Crippen LogP contribution < -0.4 is 16.0 Å². The molecular weight excluding hydrogens is 443 g/mol. The van der Waals surface area contributed by atoms with Crippen molar-refractivity contribution < 1.29 is 17.9 Å². The van der Waals surface area contributed by atoms with E-state index in [4.69, 9.17) is 4.74 Å². The molecule has 0 bridgehead atoms. The zero-order valence-electron chi connectivity index (χ0n) is 19.7. The molecule has 0 saturated carbocycles. The van der Waals surface area contributed by atoms with Crippen molar-refractivity contribution in [2.75, 3.05) is 26.7 Å². The van der Waals surface area contributed by atoms with Gasteiger partial charge in [0.25, 0.3) is 0 Å².